The number of amides is 1. The van der Waals surface area contributed by atoms with E-state index >= 15 is 0 Å². The minimum Gasteiger partial charge on any atom is -0.388 e. The Bertz CT molecular complexity index is 691. The summed E-state index contributed by atoms with van der Waals surface area (Å²) in [5.74, 6) is -0.105. The van der Waals surface area contributed by atoms with E-state index in [9.17, 15) is 20.1 Å². The van der Waals surface area contributed by atoms with E-state index in [0.717, 1.165) is 38.5 Å². The monoisotopic (exact) mass is 582 g/mol. The molecule has 1 aliphatic rings. The zero-order chi connectivity index (χ0) is 30.1. The fraction of sp³-hybridized carbons (Fsp3) is 0.969. The summed E-state index contributed by atoms with van der Waals surface area (Å²) in [6.45, 7) is 4.70. The molecule has 9 heteroatoms. The number of aliphatic hydroxyl groups excluding tert-OH is 3. The van der Waals surface area contributed by atoms with E-state index in [4.69, 9.17) is 10.3 Å². The summed E-state index contributed by atoms with van der Waals surface area (Å²) < 4.78 is 5.90. The quantitative estimate of drug-likeness (QED) is 0.0418. The van der Waals surface area contributed by atoms with Crippen LogP contribution in [0, 0.1) is 0 Å². The largest absolute Gasteiger partial charge is 0.388 e. The molecule has 0 aromatic rings. The van der Waals surface area contributed by atoms with E-state index < -0.39 is 30.6 Å². The van der Waals surface area contributed by atoms with Crippen LogP contribution in [0.25, 0.3) is 10.4 Å². The summed E-state index contributed by atoms with van der Waals surface area (Å²) in [5, 5.41) is 35.1. The summed E-state index contributed by atoms with van der Waals surface area (Å²) in [6.07, 6.45) is 19.0. The molecular formula is C32H62N4O5. The standard InChI is InChI=1S/C32H62N4O5/c1-3-5-7-9-11-13-14-15-17-19-21-23-25-36(28(37)24-22-20-18-16-12-10-8-6-4-2)32-31(40)30(39)29(38)27(41-32)26-34-35-33/h27,29-32,38-40H,3-26H2,1-2H3/t27-,29-,30+,31+,32-/m1/s1. The summed E-state index contributed by atoms with van der Waals surface area (Å²) in [4.78, 5) is 17.6. The van der Waals surface area contributed by atoms with Crippen LogP contribution in [0.4, 0.5) is 0 Å². The first-order chi connectivity index (χ1) is 20.0. The van der Waals surface area contributed by atoms with E-state index in [-0.39, 0.29) is 12.5 Å². The maximum Gasteiger partial charge on any atom is 0.224 e. The molecule has 41 heavy (non-hydrogen) atoms. The van der Waals surface area contributed by atoms with Gasteiger partial charge >= 0.3 is 0 Å². The molecule has 1 heterocycles. The Morgan fingerprint density at radius 2 is 1.12 bits per heavy atom. The van der Waals surface area contributed by atoms with Crippen LogP contribution in [0.15, 0.2) is 5.11 Å². The number of unbranched alkanes of at least 4 members (excludes halogenated alkanes) is 19. The maximum atomic E-state index is 13.3. The van der Waals surface area contributed by atoms with Gasteiger partial charge in [0.1, 0.15) is 18.3 Å². The van der Waals surface area contributed by atoms with Crippen molar-refractivity contribution in [3.63, 3.8) is 0 Å². The lowest BCUT2D eigenvalue weighted by molar-refractivity contribution is -0.254. The van der Waals surface area contributed by atoms with Crippen molar-refractivity contribution in [1.82, 2.24) is 4.90 Å². The Hall–Kier alpha value is -1.38. The van der Waals surface area contributed by atoms with Gasteiger partial charge in [-0.3, -0.25) is 4.79 Å². The lowest BCUT2D eigenvalue weighted by Gasteiger charge is -2.45. The zero-order valence-corrected chi connectivity index (χ0v) is 26.3. The summed E-state index contributed by atoms with van der Waals surface area (Å²) in [7, 11) is 0. The molecule has 1 amide bonds. The normalized spacial score (nSPS) is 22.4. The SMILES string of the molecule is CCCCCCCCCCCCCCN(C(=O)CCCCCCCCCCC)[C@@H]1O[C@H](CN=[N+]=[N-])[C@@H](O)[C@H](O)[C@@H]1O. The molecule has 240 valence electrons. The average molecular weight is 583 g/mol. The molecular weight excluding hydrogens is 520 g/mol. The Kier molecular flexibility index (Phi) is 23.1. The average Bonchev–Trinajstić information content (AvgIpc) is 2.97. The number of aliphatic hydroxyl groups is 3. The number of hydrogen-bond donors (Lipinski definition) is 3. The fourth-order valence-electron chi connectivity index (χ4n) is 5.70. The van der Waals surface area contributed by atoms with Crippen LogP contribution in [-0.4, -0.2) is 69.9 Å². The molecule has 0 bridgehead atoms. The van der Waals surface area contributed by atoms with E-state index in [0.29, 0.717) is 13.0 Å². The minimum absolute atomic E-state index is 0.105. The van der Waals surface area contributed by atoms with Gasteiger partial charge in [-0.15, -0.1) is 0 Å². The third kappa shape index (κ3) is 16.7. The Morgan fingerprint density at radius 1 is 0.683 bits per heavy atom. The number of carbonyl (C=O) groups is 1. The minimum atomic E-state index is -1.49. The summed E-state index contributed by atoms with van der Waals surface area (Å²) >= 11 is 0. The molecule has 1 aliphatic heterocycles. The molecule has 0 radical (unpaired) electrons. The van der Waals surface area contributed by atoms with Gasteiger partial charge in [0.05, 0.1) is 12.6 Å². The van der Waals surface area contributed by atoms with Crippen LogP contribution < -0.4 is 0 Å². The number of rotatable bonds is 26. The number of azide groups is 1. The van der Waals surface area contributed by atoms with Crippen LogP contribution in [0.2, 0.25) is 0 Å². The highest BCUT2D eigenvalue weighted by Crippen LogP contribution is 2.26. The lowest BCUT2D eigenvalue weighted by atomic mass is 9.97. The topological polar surface area (TPSA) is 139 Å². The van der Waals surface area contributed by atoms with Gasteiger partial charge in [-0.25, -0.2) is 0 Å². The first kappa shape index (κ1) is 37.6. The van der Waals surface area contributed by atoms with Crippen molar-refractivity contribution in [3.05, 3.63) is 10.4 Å². The maximum absolute atomic E-state index is 13.3. The van der Waals surface area contributed by atoms with Crippen molar-refractivity contribution in [1.29, 1.82) is 0 Å². The van der Waals surface area contributed by atoms with Crippen LogP contribution in [0.5, 0.6) is 0 Å². The molecule has 1 fully saturated rings. The molecule has 5 atom stereocenters. The first-order valence-corrected chi connectivity index (χ1v) is 17.0. The van der Waals surface area contributed by atoms with Crippen molar-refractivity contribution in [2.45, 2.75) is 186 Å². The second-order valence-electron chi connectivity index (χ2n) is 12.0. The molecule has 1 rings (SSSR count). The van der Waals surface area contributed by atoms with E-state index in [1.807, 2.05) is 0 Å². The molecule has 0 aliphatic carbocycles. The van der Waals surface area contributed by atoms with Gasteiger partial charge in [-0.2, -0.15) is 0 Å². The van der Waals surface area contributed by atoms with E-state index in [2.05, 4.69) is 23.9 Å². The van der Waals surface area contributed by atoms with Crippen LogP contribution in [-0.2, 0) is 9.53 Å². The third-order valence-corrected chi connectivity index (χ3v) is 8.39. The molecule has 1 saturated heterocycles. The summed E-state index contributed by atoms with van der Waals surface area (Å²) in [6, 6.07) is 0. The predicted molar refractivity (Wildman–Crippen MR) is 165 cm³/mol. The van der Waals surface area contributed by atoms with E-state index in [1.165, 1.54) is 96.3 Å². The van der Waals surface area contributed by atoms with Gasteiger partial charge in [-0.1, -0.05) is 141 Å². The van der Waals surface area contributed by atoms with Crippen LogP contribution >= 0.6 is 0 Å². The van der Waals surface area contributed by atoms with Crippen molar-refractivity contribution in [3.8, 4) is 0 Å². The molecule has 0 saturated carbocycles. The Labute approximate surface area is 250 Å². The van der Waals surface area contributed by atoms with Crippen molar-refractivity contribution in [2.75, 3.05) is 13.1 Å². The molecule has 0 aromatic carbocycles. The molecule has 0 unspecified atom stereocenters. The van der Waals surface area contributed by atoms with E-state index in [1.54, 1.807) is 4.90 Å². The molecule has 0 aromatic heterocycles. The highest BCUT2D eigenvalue weighted by atomic mass is 16.6. The predicted octanol–water partition coefficient (Wildman–Crippen LogP) is 7.55. The zero-order valence-electron chi connectivity index (χ0n) is 26.3. The second kappa shape index (κ2) is 25.1. The summed E-state index contributed by atoms with van der Waals surface area (Å²) in [5.41, 5.74) is 8.70. The number of carbonyl (C=O) groups excluding carboxylic acids is 1. The highest BCUT2D eigenvalue weighted by Gasteiger charge is 2.46. The second-order valence-corrected chi connectivity index (χ2v) is 12.0. The van der Waals surface area contributed by atoms with Crippen molar-refractivity contribution in [2.24, 2.45) is 5.11 Å². The lowest BCUT2D eigenvalue weighted by Crippen LogP contribution is -2.64. The van der Waals surface area contributed by atoms with Crippen molar-refractivity contribution >= 4 is 5.91 Å². The third-order valence-electron chi connectivity index (χ3n) is 8.39. The Morgan fingerprint density at radius 3 is 1.59 bits per heavy atom. The van der Waals surface area contributed by atoms with Crippen LogP contribution in [0.1, 0.15) is 155 Å². The van der Waals surface area contributed by atoms with Gasteiger partial charge in [0.25, 0.3) is 0 Å². The highest BCUT2D eigenvalue weighted by molar-refractivity contribution is 5.76. The van der Waals surface area contributed by atoms with Crippen LogP contribution in [0.3, 0.4) is 0 Å². The smallest absolute Gasteiger partial charge is 0.224 e. The van der Waals surface area contributed by atoms with Gasteiger partial charge in [0.15, 0.2) is 6.23 Å². The van der Waals surface area contributed by atoms with Crippen molar-refractivity contribution < 1.29 is 24.9 Å². The van der Waals surface area contributed by atoms with Gasteiger partial charge < -0.3 is 25.0 Å². The Balaban J connectivity index is 2.54. The number of ether oxygens (including phenoxy) is 1. The number of nitrogens with zero attached hydrogens (tertiary/aromatic N) is 4. The molecule has 0 spiro atoms. The van der Waals surface area contributed by atoms with Gasteiger partial charge in [0.2, 0.25) is 5.91 Å². The van der Waals surface area contributed by atoms with Gasteiger partial charge in [-0.05, 0) is 18.4 Å². The first-order valence-electron chi connectivity index (χ1n) is 17.0. The van der Waals surface area contributed by atoms with Gasteiger partial charge in [0, 0.05) is 17.9 Å². The molecule has 9 nitrogen and oxygen atoms in total. The fourth-order valence-corrected chi connectivity index (χ4v) is 5.70. The molecule has 3 N–H and O–H groups in total. The number of hydrogen-bond acceptors (Lipinski definition) is 6.